The molecule has 2 aromatic heterocycles. The minimum Gasteiger partial charge on any atom is -0.318 e. The highest BCUT2D eigenvalue weighted by molar-refractivity contribution is 6.31. The fourth-order valence-corrected chi connectivity index (χ4v) is 5.84. The molecule has 4 aromatic rings. The average Bonchev–Trinajstić information content (AvgIpc) is 3.01. The molecular formula is C29H29ClF3N11O. The number of nitrogens with one attached hydrogen (secondary N) is 2. The van der Waals surface area contributed by atoms with Gasteiger partial charge in [0.1, 0.15) is 25.1 Å². The molecule has 0 spiro atoms. The van der Waals surface area contributed by atoms with E-state index in [0.717, 1.165) is 37.1 Å². The van der Waals surface area contributed by atoms with Crippen molar-refractivity contribution in [3.63, 3.8) is 0 Å². The number of nitrogens with zero attached hydrogens (tertiary/aromatic N) is 9. The predicted molar refractivity (Wildman–Crippen MR) is 163 cm³/mol. The number of hydrogen-bond acceptors (Lipinski definition) is 10. The zero-order valence-corrected chi connectivity index (χ0v) is 25.3. The maximum absolute atomic E-state index is 13.3. The standard InChI is InChI=1S/C29H29ClF3N11O/c1-16(2)18-8-9-42-24(10-18)44(27-38-15-37-26(42)41-27)43(25-35-13-34-14-36-25)23-12-20(5-4-17(23)3)40-28(45)39-19-6-7-22(30)21(11-19)29(31,32)33/h4-7,11-16,18,24H,8-10H2,1-3H3,(H2,39,40,45). The number of alkyl halides is 3. The second-order valence-electron chi connectivity index (χ2n) is 11.2. The average molecular weight is 640 g/mol. The second-order valence-corrected chi connectivity index (χ2v) is 11.6. The zero-order chi connectivity index (χ0) is 31.9. The van der Waals surface area contributed by atoms with Crippen LogP contribution in [0.5, 0.6) is 0 Å². The zero-order valence-electron chi connectivity index (χ0n) is 24.5. The number of aromatic nitrogens is 6. The van der Waals surface area contributed by atoms with E-state index in [1.807, 2.05) is 18.0 Å². The van der Waals surface area contributed by atoms with Crippen molar-refractivity contribution >= 4 is 52.5 Å². The van der Waals surface area contributed by atoms with Crippen molar-refractivity contribution in [2.75, 3.05) is 32.1 Å². The first-order valence-corrected chi connectivity index (χ1v) is 14.6. The SMILES string of the molecule is Cc1ccc(NC(=O)Nc2ccc(Cl)c(C(F)(F)F)c2)cc1N(c1ncncn1)N1c2ncnc(n2)N2CCC(C(C)C)CC21. The van der Waals surface area contributed by atoms with E-state index in [-0.39, 0.29) is 11.9 Å². The van der Waals surface area contributed by atoms with Crippen molar-refractivity contribution in [3.8, 4) is 0 Å². The summed E-state index contributed by atoms with van der Waals surface area (Å²) in [5.74, 6) is 2.19. The Labute approximate surface area is 261 Å². The fraction of sp³-hybridized carbons (Fsp3) is 0.345. The Kier molecular flexibility index (Phi) is 8.03. The van der Waals surface area contributed by atoms with Crippen molar-refractivity contribution in [2.45, 2.75) is 46.0 Å². The van der Waals surface area contributed by atoms with Gasteiger partial charge in [0.2, 0.25) is 5.95 Å². The van der Waals surface area contributed by atoms with Gasteiger partial charge in [-0.1, -0.05) is 31.5 Å². The number of carbonyl (C=O) groups excluding carboxylic acids is 1. The van der Waals surface area contributed by atoms with E-state index < -0.39 is 22.8 Å². The lowest BCUT2D eigenvalue weighted by molar-refractivity contribution is -0.137. The predicted octanol–water partition coefficient (Wildman–Crippen LogP) is 6.45. The molecule has 1 fully saturated rings. The smallest absolute Gasteiger partial charge is 0.318 e. The molecule has 1 saturated heterocycles. The van der Waals surface area contributed by atoms with Crippen LogP contribution in [0.4, 0.5) is 52.9 Å². The first kappa shape index (κ1) is 30.2. The third-order valence-corrected chi connectivity index (χ3v) is 8.29. The van der Waals surface area contributed by atoms with Crippen LogP contribution in [0.2, 0.25) is 5.02 Å². The fourth-order valence-electron chi connectivity index (χ4n) is 5.62. The first-order valence-electron chi connectivity index (χ1n) is 14.2. The number of benzene rings is 2. The molecule has 16 heteroatoms. The number of anilines is 6. The van der Waals surface area contributed by atoms with Gasteiger partial charge in [-0.3, -0.25) is 0 Å². The maximum Gasteiger partial charge on any atom is 0.417 e. The van der Waals surface area contributed by atoms with Gasteiger partial charge in [0, 0.05) is 17.9 Å². The van der Waals surface area contributed by atoms with E-state index >= 15 is 0 Å². The van der Waals surface area contributed by atoms with Crippen molar-refractivity contribution in [1.82, 2.24) is 29.9 Å². The van der Waals surface area contributed by atoms with Gasteiger partial charge in [0.25, 0.3) is 11.9 Å². The first-order chi connectivity index (χ1) is 21.5. The van der Waals surface area contributed by atoms with Crippen LogP contribution in [0.3, 0.4) is 0 Å². The quantitative estimate of drug-likeness (QED) is 0.243. The number of hydrogen-bond donors (Lipinski definition) is 2. The number of urea groups is 1. The summed E-state index contributed by atoms with van der Waals surface area (Å²) in [7, 11) is 0. The summed E-state index contributed by atoms with van der Waals surface area (Å²) in [4.78, 5) is 41.6. The van der Waals surface area contributed by atoms with E-state index in [9.17, 15) is 18.0 Å². The lowest BCUT2D eigenvalue weighted by atomic mass is 9.85. The second kappa shape index (κ2) is 12.0. The lowest BCUT2D eigenvalue weighted by Crippen LogP contribution is -2.62. The Morgan fingerprint density at radius 3 is 2.40 bits per heavy atom. The van der Waals surface area contributed by atoms with E-state index in [1.54, 1.807) is 17.1 Å². The number of amides is 2. The van der Waals surface area contributed by atoms with Crippen LogP contribution in [0.1, 0.15) is 37.8 Å². The Hall–Kier alpha value is -4.79. The molecule has 2 atom stereocenters. The molecule has 2 unspecified atom stereocenters. The van der Waals surface area contributed by atoms with E-state index in [0.29, 0.717) is 41.1 Å². The molecule has 6 rings (SSSR count). The highest BCUT2D eigenvalue weighted by atomic mass is 35.5. The van der Waals surface area contributed by atoms with Gasteiger partial charge in [0.15, 0.2) is 0 Å². The Morgan fingerprint density at radius 2 is 1.69 bits per heavy atom. The molecule has 0 radical (unpaired) electrons. The van der Waals surface area contributed by atoms with Crippen molar-refractivity contribution < 1.29 is 18.0 Å². The Balaban J connectivity index is 1.36. The van der Waals surface area contributed by atoms with Crippen LogP contribution >= 0.6 is 11.6 Å². The van der Waals surface area contributed by atoms with Crippen molar-refractivity contribution in [3.05, 3.63) is 71.5 Å². The minimum atomic E-state index is -4.67. The summed E-state index contributed by atoms with van der Waals surface area (Å²) >= 11 is 5.72. The maximum atomic E-state index is 13.3. The highest BCUT2D eigenvalue weighted by Crippen LogP contribution is 2.41. The van der Waals surface area contributed by atoms with Gasteiger partial charge in [-0.25, -0.2) is 24.8 Å². The van der Waals surface area contributed by atoms with Crippen molar-refractivity contribution in [2.24, 2.45) is 11.8 Å². The Morgan fingerprint density at radius 1 is 1.00 bits per heavy atom. The normalized spacial score (nSPS) is 17.6. The van der Waals surface area contributed by atoms with Crippen molar-refractivity contribution in [1.29, 1.82) is 0 Å². The van der Waals surface area contributed by atoms with Crippen LogP contribution in [-0.2, 0) is 6.18 Å². The monoisotopic (exact) mass is 639 g/mol. The summed E-state index contributed by atoms with van der Waals surface area (Å²) in [6.07, 6.45) is 1.15. The number of piperidine rings is 1. The number of carbonyl (C=O) groups is 1. The van der Waals surface area contributed by atoms with Crippen LogP contribution in [0, 0.1) is 18.8 Å². The van der Waals surface area contributed by atoms with Gasteiger partial charge >= 0.3 is 12.2 Å². The third kappa shape index (κ3) is 6.12. The third-order valence-electron chi connectivity index (χ3n) is 7.96. The number of rotatable bonds is 6. The largest absolute Gasteiger partial charge is 0.417 e. The number of hydrazine groups is 1. The Bertz CT molecular complexity index is 1710. The van der Waals surface area contributed by atoms with Crippen LogP contribution < -0.4 is 25.6 Å². The van der Waals surface area contributed by atoms with Crippen LogP contribution in [-0.4, -0.2) is 48.6 Å². The van der Waals surface area contributed by atoms with Gasteiger partial charge in [-0.15, -0.1) is 0 Å². The van der Waals surface area contributed by atoms with Gasteiger partial charge < -0.3 is 15.5 Å². The van der Waals surface area contributed by atoms with Gasteiger partial charge in [-0.05, 0) is 67.5 Å². The molecule has 2 aliphatic heterocycles. The molecule has 2 bridgehead atoms. The van der Waals surface area contributed by atoms with Crippen LogP contribution in [0.25, 0.3) is 0 Å². The molecule has 2 aromatic carbocycles. The molecule has 45 heavy (non-hydrogen) atoms. The molecule has 0 aliphatic carbocycles. The topological polar surface area (TPSA) is 128 Å². The number of halogens is 4. The van der Waals surface area contributed by atoms with Gasteiger partial charge in [-0.2, -0.15) is 33.1 Å². The molecule has 234 valence electrons. The summed E-state index contributed by atoms with van der Waals surface area (Å²) in [5.41, 5.74) is 0.675. The summed E-state index contributed by atoms with van der Waals surface area (Å²) in [5, 5.41) is 8.43. The molecule has 4 heterocycles. The van der Waals surface area contributed by atoms with E-state index in [4.69, 9.17) is 16.6 Å². The number of aryl methyl sites for hydroxylation is 1. The van der Waals surface area contributed by atoms with E-state index in [2.05, 4.69) is 54.3 Å². The van der Waals surface area contributed by atoms with Gasteiger partial charge in [0.05, 0.1) is 16.3 Å². The summed E-state index contributed by atoms with van der Waals surface area (Å²) in [6.45, 7) is 7.07. The highest BCUT2D eigenvalue weighted by Gasteiger charge is 2.43. The molecule has 0 saturated carbocycles. The lowest BCUT2D eigenvalue weighted by Gasteiger charge is -2.51. The number of fused-ring (bicyclic) bond motifs is 4. The summed E-state index contributed by atoms with van der Waals surface area (Å²) < 4.78 is 40.0. The summed E-state index contributed by atoms with van der Waals surface area (Å²) in [6, 6.07) is 7.63. The molecular weight excluding hydrogens is 611 g/mol. The molecule has 2 amide bonds. The van der Waals surface area contributed by atoms with E-state index in [1.165, 1.54) is 25.0 Å². The van der Waals surface area contributed by atoms with Crippen LogP contribution in [0.15, 0.2) is 55.4 Å². The minimum absolute atomic E-state index is 0.0700. The molecule has 2 N–H and O–H groups in total. The molecule has 12 nitrogen and oxygen atoms in total. The molecule has 2 aliphatic rings.